The van der Waals surface area contributed by atoms with Crippen molar-refractivity contribution < 1.29 is 14.0 Å². The zero-order chi connectivity index (χ0) is 16.9. The Labute approximate surface area is 137 Å². The number of carbonyl (C=O) groups excluding carboxylic acids is 2. The molecule has 23 heavy (non-hydrogen) atoms. The van der Waals surface area contributed by atoms with Crippen LogP contribution in [0.5, 0.6) is 0 Å². The molecule has 0 unspecified atom stereocenters. The van der Waals surface area contributed by atoms with Gasteiger partial charge in [0.25, 0.3) is 0 Å². The van der Waals surface area contributed by atoms with Crippen LogP contribution in [0.15, 0.2) is 24.3 Å². The van der Waals surface area contributed by atoms with Crippen LogP contribution in [0.4, 0.5) is 10.1 Å². The van der Waals surface area contributed by atoms with E-state index in [-0.39, 0.29) is 5.69 Å². The van der Waals surface area contributed by atoms with Gasteiger partial charge in [-0.15, -0.1) is 0 Å². The summed E-state index contributed by atoms with van der Waals surface area (Å²) in [4.78, 5) is 23.3. The fourth-order valence-electron chi connectivity index (χ4n) is 2.30. The highest BCUT2D eigenvalue weighted by molar-refractivity contribution is 6.39. The van der Waals surface area contributed by atoms with Crippen molar-refractivity contribution >= 4 is 17.5 Å². The third-order valence-electron chi connectivity index (χ3n) is 3.60. The van der Waals surface area contributed by atoms with Gasteiger partial charge < -0.3 is 10.6 Å². The van der Waals surface area contributed by atoms with Crippen molar-refractivity contribution in [2.45, 2.75) is 58.3 Å². The SMILES string of the molecule is CCCCCCCCCCNC(=O)C(=O)Nc1cccc(F)c1. The van der Waals surface area contributed by atoms with Gasteiger partial charge in [0, 0.05) is 12.2 Å². The molecule has 0 radical (unpaired) electrons. The van der Waals surface area contributed by atoms with Crippen molar-refractivity contribution in [3.05, 3.63) is 30.1 Å². The zero-order valence-corrected chi connectivity index (χ0v) is 13.9. The van der Waals surface area contributed by atoms with Crippen LogP contribution in [0.2, 0.25) is 0 Å². The minimum absolute atomic E-state index is 0.275. The molecule has 1 aromatic carbocycles. The van der Waals surface area contributed by atoms with Crippen molar-refractivity contribution in [1.82, 2.24) is 5.32 Å². The van der Waals surface area contributed by atoms with Crippen LogP contribution >= 0.6 is 0 Å². The molecule has 4 nitrogen and oxygen atoms in total. The van der Waals surface area contributed by atoms with Crippen LogP contribution in [0, 0.1) is 5.82 Å². The summed E-state index contributed by atoms with van der Waals surface area (Å²) >= 11 is 0. The Hall–Kier alpha value is -1.91. The van der Waals surface area contributed by atoms with Gasteiger partial charge in [-0.1, -0.05) is 57.9 Å². The summed E-state index contributed by atoms with van der Waals surface area (Å²) in [6.45, 7) is 2.69. The summed E-state index contributed by atoms with van der Waals surface area (Å²) in [5, 5.41) is 4.96. The molecule has 0 heterocycles. The lowest BCUT2D eigenvalue weighted by Crippen LogP contribution is -2.35. The van der Waals surface area contributed by atoms with E-state index in [2.05, 4.69) is 17.6 Å². The molecule has 128 valence electrons. The number of rotatable bonds is 10. The Morgan fingerprint density at radius 1 is 0.957 bits per heavy atom. The van der Waals surface area contributed by atoms with Crippen molar-refractivity contribution in [1.29, 1.82) is 0 Å². The van der Waals surface area contributed by atoms with E-state index in [1.54, 1.807) is 0 Å². The maximum absolute atomic E-state index is 13.0. The van der Waals surface area contributed by atoms with Crippen LogP contribution in [-0.2, 0) is 9.59 Å². The third-order valence-corrected chi connectivity index (χ3v) is 3.60. The van der Waals surface area contributed by atoms with Gasteiger partial charge in [0.05, 0.1) is 0 Å². The monoisotopic (exact) mass is 322 g/mol. The van der Waals surface area contributed by atoms with E-state index >= 15 is 0 Å². The third kappa shape index (κ3) is 8.96. The molecule has 2 N–H and O–H groups in total. The number of anilines is 1. The second kappa shape index (κ2) is 11.6. The molecule has 5 heteroatoms. The Morgan fingerprint density at radius 3 is 2.26 bits per heavy atom. The minimum Gasteiger partial charge on any atom is -0.348 e. The second-order valence-electron chi connectivity index (χ2n) is 5.70. The molecule has 0 spiro atoms. The van der Waals surface area contributed by atoms with Crippen LogP contribution in [0.3, 0.4) is 0 Å². The number of hydrogen-bond acceptors (Lipinski definition) is 2. The lowest BCUT2D eigenvalue weighted by molar-refractivity contribution is -0.136. The van der Waals surface area contributed by atoms with Gasteiger partial charge >= 0.3 is 11.8 Å². The number of amides is 2. The first-order valence-corrected chi connectivity index (χ1v) is 8.48. The molecule has 0 saturated heterocycles. The first-order valence-electron chi connectivity index (χ1n) is 8.48. The smallest absolute Gasteiger partial charge is 0.313 e. The first kappa shape index (κ1) is 19.1. The second-order valence-corrected chi connectivity index (χ2v) is 5.70. The molecule has 0 aliphatic carbocycles. The highest BCUT2D eigenvalue weighted by Crippen LogP contribution is 2.09. The minimum atomic E-state index is -0.768. The molecule has 1 rings (SSSR count). The van der Waals surface area contributed by atoms with Gasteiger partial charge in [0.1, 0.15) is 5.82 Å². The average Bonchev–Trinajstić information content (AvgIpc) is 2.53. The Balaban J connectivity index is 2.08. The Bertz CT molecular complexity index is 492. The summed E-state index contributed by atoms with van der Waals surface area (Å²) in [5.41, 5.74) is 0.275. The fourth-order valence-corrected chi connectivity index (χ4v) is 2.30. The molecule has 0 atom stereocenters. The van der Waals surface area contributed by atoms with E-state index < -0.39 is 17.6 Å². The van der Waals surface area contributed by atoms with Crippen LogP contribution in [0.1, 0.15) is 58.3 Å². The largest absolute Gasteiger partial charge is 0.348 e. The number of unbranched alkanes of at least 4 members (excludes halogenated alkanes) is 7. The van der Waals surface area contributed by atoms with Gasteiger partial charge in [-0.2, -0.15) is 0 Å². The molecular formula is C18H27FN2O2. The fraction of sp³-hybridized carbons (Fsp3) is 0.556. The summed E-state index contributed by atoms with van der Waals surface area (Å²) in [5.74, 6) is -1.91. The summed E-state index contributed by atoms with van der Waals surface area (Å²) in [6.07, 6.45) is 9.44. The Kier molecular flexibility index (Phi) is 9.68. The quantitative estimate of drug-likeness (QED) is 0.505. The van der Waals surface area contributed by atoms with E-state index in [1.165, 1.54) is 56.4 Å². The molecule has 0 aliphatic heterocycles. The van der Waals surface area contributed by atoms with Crippen molar-refractivity contribution in [2.24, 2.45) is 0 Å². The van der Waals surface area contributed by atoms with E-state index in [4.69, 9.17) is 0 Å². The standard InChI is InChI=1S/C18H27FN2O2/c1-2-3-4-5-6-7-8-9-13-20-17(22)18(23)21-16-12-10-11-15(19)14-16/h10-12,14H,2-9,13H2,1H3,(H,20,22)(H,21,23). The number of halogens is 1. The zero-order valence-electron chi connectivity index (χ0n) is 13.9. The molecule has 0 fully saturated rings. The molecule has 0 aromatic heterocycles. The van der Waals surface area contributed by atoms with E-state index in [0.717, 1.165) is 19.3 Å². The highest BCUT2D eigenvalue weighted by atomic mass is 19.1. The Morgan fingerprint density at radius 2 is 1.61 bits per heavy atom. The summed E-state index contributed by atoms with van der Waals surface area (Å²) in [6, 6.07) is 5.46. The number of nitrogens with one attached hydrogen (secondary N) is 2. The molecular weight excluding hydrogens is 295 g/mol. The predicted molar refractivity (Wildman–Crippen MR) is 90.6 cm³/mol. The van der Waals surface area contributed by atoms with E-state index in [1.807, 2.05) is 0 Å². The first-order chi connectivity index (χ1) is 11.1. The lowest BCUT2D eigenvalue weighted by Gasteiger charge is -2.06. The van der Waals surface area contributed by atoms with Crippen LogP contribution in [0.25, 0.3) is 0 Å². The van der Waals surface area contributed by atoms with Gasteiger partial charge in [0.2, 0.25) is 0 Å². The van der Waals surface area contributed by atoms with Crippen molar-refractivity contribution in [3.63, 3.8) is 0 Å². The van der Waals surface area contributed by atoms with Crippen molar-refractivity contribution in [2.75, 3.05) is 11.9 Å². The van der Waals surface area contributed by atoms with Gasteiger partial charge in [0.15, 0.2) is 0 Å². The maximum atomic E-state index is 13.0. The van der Waals surface area contributed by atoms with Gasteiger partial charge in [-0.3, -0.25) is 9.59 Å². The van der Waals surface area contributed by atoms with Gasteiger partial charge in [-0.05, 0) is 24.6 Å². The average molecular weight is 322 g/mol. The normalized spacial score (nSPS) is 10.3. The highest BCUT2D eigenvalue weighted by Gasteiger charge is 2.12. The lowest BCUT2D eigenvalue weighted by atomic mass is 10.1. The molecule has 2 amide bonds. The molecule has 0 bridgehead atoms. The van der Waals surface area contributed by atoms with Crippen molar-refractivity contribution in [3.8, 4) is 0 Å². The van der Waals surface area contributed by atoms with E-state index in [0.29, 0.717) is 6.54 Å². The molecule has 1 aromatic rings. The number of benzene rings is 1. The van der Waals surface area contributed by atoms with Gasteiger partial charge in [-0.25, -0.2) is 4.39 Å². The topological polar surface area (TPSA) is 58.2 Å². The number of hydrogen-bond donors (Lipinski definition) is 2. The van der Waals surface area contributed by atoms with Crippen LogP contribution in [-0.4, -0.2) is 18.4 Å². The predicted octanol–water partition coefficient (Wildman–Crippen LogP) is 4.02. The summed E-state index contributed by atoms with van der Waals surface area (Å²) < 4.78 is 13.0. The maximum Gasteiger partial charge on any atom is 0.313 e. The number of carbonyl (C=O) groups is 2. The summed E-state index contributed by atoms with van der Waals surface area (Å²) in [7, 11) is 0. The molecule has 0 aliphatic rings. The molecule has 0 saturated carbocycles. The van der Waals surface area contributed by atoms with E-state index in [9.17, 15) is 14.0 Å². The van der Waals surface area contributed by atoms with Crippen LogP contribution < -0.4 is 10.6 Å².